The molecule has 2 N–H and O–H groups in total. The second kappa shape index (κ2) is 12.1. The van der Waals surface area contributed by atoms with Gasteiger partial charge >= 0.3 is 0 Å². The lowest BCUT2D eigenvalue weighted by atomic mass is 10.1. The van der Waals surface area contributed by atoms with Crippen molar-refractivity contribution in [2.24, 2.45) is 5.73 Å². The smallest absolute Gasteiger partial charge is 0.254 e. The van der Waals surface area contributed by atoms with E-state index in [1.807, 2.05) is 60.7 Å². The fourth-order valence-corrected chi connectivity index (χ4v) is 5.79. The zero-order valence-electron chi connectivity index (χ0n) is 22.1. The molecule has 0 radical (unpaired) electrons. The summed E-state index contributed by atoms with van der Waals surface area (Å²) < 4.78 is 40.1. The lowest BCUT2D eigenvalue weighted by Crippen LogP contribution is -2.20. The van der Waals surface area contributed by atoms with Gasteiger partial charge in [0.15, 0.2) is 5.82 Å². The zero-order valence-corrected chi connectivity index (χ0v) is 22.9. The van der Waals surface area contributed by atoms with Crippen LogP contribution in [0.1, 0.15) is 28.6 Å². The van der Waals surface area contributed by atoms with Crippen molar-refractivity contribution >= 4 is 9.84 Å². The first-order valence-electron chi connectivity index (χ1n) is 12.8. The molecule has 5 aromatic rings. The Bertz CT molecular complexity index is 1660. The van der Waals surface area contributed by atoms with Crippen LogP contribution < -0.4 is 15.2 Å². The van der Waals surface area contributed by atoms with Gasteiger partial charge in [-0.25, -0.2) is 8.42 Å². The molecule has 0 aliphatic heterocycles. The Morgan fingerprint density at radius 2 is 1.43 bits per heavy atom. The quantitative estimate of drug-likeness (QED) is 0.243. The minimum Gasteiger partial charge on any atom is -0.497 e. The number of nitrogens with two attached hydrogens (primary N) is 1. The fraction of sp³-hybridized carbons (Fsp3) is 0.161. The predicted octanol–water partition coefficient (Wildman–Crippen LogP) is 5.07. The Morgan fingerprint density at radius 3 is 2.10 bits per heavy atom. The zero-order chi connectivity index (χ0) is 28.0. The molecule has 204 valence electrons. The molecule has 40 heavy (non-hydrogen) atoms. The second-order valence-electron chi connectivity index (χ2n) is 9.35. The van der Waals surface area contributed by atoms with Crippen molar-refractivity contribution in [3.8, 4) is 17.2 Å². The SMILES string of the molecule is COc1cccc(CS(=O)(=O)c2nnc([C@@H](N)Cc3ccccc3)n2-c2ccc(OCc3ccccc3)cc2)c1. The van der Waals surface area contributed by atoms with Crippen molar-refractivity contribution in [2.45, 2.75) is 30.0 Å². The third kappa shape index (κ3) is 6.39. The third-order valence-electron chi connectivity index (χ3n) is 6.40. The van der Waals surface area contributed by atoms with Gasteiger partial charge in [0, 0.05) is 5.69 Å². The highest BCUT2D eigenvalue weighted by molar-refractivity contribution is 7.90. The lowest BCUT2D eigenvalue weighted by molar-refractivity contribution is 0.306. The topological polar surface area (TPSA) is 109 Å². The number of rotatable bonds is 11. The van der Waals surface area contributed by atoms with E-state index in [2.05, 4.69) is 10.2 Å². The molecule has 0 aliphatic rings. The molecule has 0 fully saturated rings. The van der Waals surface area contributed by atoms with Crippen LogP contribution in [-0.2, 0) is 28.6 Å². The van der Waals surface area contributed by atoms with E-state index < -0.39 is 15.9 Å². The molecule has 0 saturated heterocycles. The molecule has 4 aromatic carbocycles. The van der Waals surface area contributed by atoms with Gasteiger partial charge in [0.1, 0.15) is 18.1 Å². The third-order valence-corrected chi connectivity index (χ3v) is 7.93. The molecule has 0 saturated carbocycles. The fourth-order valence-electron chi connectivity index (χ4n) is 4.40. The summed E-state index contributed by atoms with van der Waals surface area (Å²) in [7, 11) is -2.37. The van der Waals surface area contributed by atoms with Gasteiger partial charge in [-0.1, -0.05) is 72.8 Å². The molecule has 0 unspecified atom stereocenters. The van der Waals surface area contributed by atoms with E-state index in [0.29, 0.717) is 41.6 Å². The molecule has 9 heteroatoms. The molecule has 1 aromatic heterocycles. The second-order valence-corrected chi connectivity index (χ2v) is 11.2. The maximum atomic E-state index is 13.7. The Hall–Kier alpha value is -4.47. The van der Waals surface area contributed by atoms with Crippen molar-refractivity contribution < 1.29 is 17.9 Å². The normalized spacial score (nSPS) is 12.2. The van der Waals surface area contributed by atoms with Crippen LogP contribution >= 0.6 is 0 Å². The lowest BCUT2D eigenvalue weighted by Gasteiger charge is -2.16. The number of ether oxygens (including phenoxy) is 2. The predicted molar refractivity (Wildman–Crippen MR) is 153 cm³/mol. The van der Waals surface area contributed by atoms with Crippen LogP contribution in [0.3, 0.4) is 0 Å². The van der Waals surface area contributed by atoms with Gasteiger partial charge in [0.25, 0.3) is 5.16 Å². The van der Waals surface area contributed by atoms with E-state index in [1.165, 1.54) is 11.7 Å². The summed E-state index contributed by atoms with van der Waals surface area (Å²) in [6.45, 7) is 0.417. The van der Waals surface area contributed by atoms with Crippen LogP contribution in [0.4, 0.5) is 0 Å². The van der Waals surface area contributed by atoms with Gasteiger partial charge in [0.05, 0.1) is 18.9 Å². The first-order chi connectivity index (χ1) is 19.4. The van der Waals surface area contributed by atoms with Crippen molar-refractivity contribution in [3.63, 3.8) is 0 Å². The summed E-state index contributed by atoms with van der Waals surface area (Å²) in [5.74, 6) is 1.31. The van der Waals surface area contributed by atoms with E-state index in [-0.39, 0.29) is 10.9 Å². The maximum Gasteiger partial charge on any atom is 0.254 e. The minimum atomic E-state index is -3.91. The summed E-state index contributed by atoms with van der Waals surface area (Å²) >= 11 is 0. The number of nitrogens with zero attached hydrogens (tertiary/aromatic N) is 3. The molecule has 5 rings (SSSR count). The van der Waals surface area contributed by atoms with Gasteiger partial charge in [-0.3, -0.25) is 4.57 Å². The van der Waals surface area contributed by atoms with Crippen LogP contribution in [0.15, 0.2) is 114 Å². The Labute approximate surface area is 234 Å². The molecular formula is C31H30N4O4S. The number of hydrogen-bond acceptors (Lipinski definition) is 7. The summed E-state index contributed by atoms with van der Waals surface area (Å²) in [4.78, 5) is 0. The summed E-state index contributed by atoms with van der Waals surface area (Å²) in [6, 6.07) is 33.1. The highest BCUT2D eigenvalue weighted by atomic mass is 32.2. The molecule has 0 bridgehead atoms. The minimum absolute atomic E-state index is 0.174. The maximum absolute atomic E-state index is 13.7. The van der Waals surface area contributed by atoms with Crippen LogP contribution in [-0.4, -0.2) is 30.3 Å². The highest BCUT2D eigenvalue weighted by Crippen LogP contribution is 2.27. The standard InChI is InChI=1S/C31H30N4O4S/c1-38-28-14-8-13-25(19-28)22-40(36,37)31-34-33-30(29(32)20-23-9-4-2-5-10-23)35(31)26-15-17-27(18-16-26)39-21-24-11-6-3-7-12-24/h2-19,29H,20-22,32H2,1H3/t29-/m0/s1. The van der Waals surface area contributed by atoms with E-state index in [9.17, 15) is 8.42 Å². The summed E-state index contributed by atoms with van der Waals surface area (Å²) in [5, 5.41) is 8.25. The summed E-state index contributed by atoms with van der Waals surface area (Å²) in [6.07, 6.45) is 0.465. The first-order valence-corrected chi connectivity index (χ1v) is 14.5. The van der Waals surface area contributed by atoms with Gasteiger partial charge in [-0.15, -0.1) is 10.2 Å². The first kappa shape index (κ1) is 27.1. The largest absolute Gasteiger partial charge is 0.497 e. The van der Waals surface area contributed by atoms with E-state index >= 15 is 0 Å². The van der Waals surface area contributed by atoms with E-state index in [4.69, 9.17) is 15.2 Å². The molecular weight excluding hydrogens is 524 g/mol. The van der Waals surface area contributed by atoms with Crippen LogP contribution in [0.2, 0.25) is 0 Å². The summed E-state index contributed by atoms with van der Waals surface area (Å²) in [5.41, 5.74) is 9.80. The van der Waals surface area contributed by atoms with Crippen molar-refractivity contribution in [1.29, 1.82) is 0 Å². The van der Waals surface area contributed by atoms with Gasteiger partial charge in [0.2, 0.25) is 9.84 Å². The van der Waals surface area contributed by atoms with E-state index in [0.717, 1.165) is 11.1 Å². The average molecular weight is 555 g/mol. The number of hydrogen-bond donors (Lipinski definition) is 1. The number of aromatic nitrogens is 3. The molecule has 1 heterocycles. The van der Waals surface area contributed by atoms with Crippen molar-refractivity contribution in [3.05, 3.63) is 132 Å². The molecule has 0 aliphatic carbocycles. The van der Waals surface area contributed by atoms with Gasteiger partial charge in [-0.05, 0) is 59.5 Å². The van der Waals surface area contributed by atoms with Gasteiger partial charge < -0.3 is 15.2 Å². The number of benzene rings is 4. The molecule has 0 amide bonds. The number of sulfone groups is 1. The van der Waals surface area contributed by atoms with Crippen LogP contribution in [0.25, 0.3) is 5.69 Å². The van der Waals surface area contributed by atoms with Crippen molar-refractivity contribution in [2.75, 3.05) is 7.11 Å². The van der Waals surface area contributed by atoms with E-state index in [1.54, 1.807) is 48.5 Å². The highest BCUT2D eigenvalue weighted by Gasteiger charge is 2.29. The van der Waals surface area contributed by atoms with Crippen molar-refractivity contribution in [1.82, 2.24) is 14.8 Å². The van der Waals surface area contributed by atoms with Gasteiger partial charge in [-0.2, -0.15) is 0 Å². The monoisotopic (exact) mass is 554 g/mol. The Morgan fingerprint density at radius 1 is 0.775 bits per heavy atom. The Balaban J connectivity index is 1.48. The number of methoxy groups -OCH3 is 1. The van der Waals surface area contributed by atoms with Crippen LogP contribution in [0.5, 0.6) is 11.5 Å². The molecule has 8 nitrogen and oxygen atoms in total. The van der Waals surface area contributed by atoms with Crippen LogP contribution in [0, 0.1) is 0 Å². The Kier molecular flexibility index (Phi) is 8.23. The average Bonchev–Trinajstić information content (AvgIpc) is 3.44. The molecule has 1 atom stereocenters. The molecule has 0 spiro atoms.